The Bertz CT molecular complexity index is 720. The maximum atomic E-state index is 12.6. The molecule has 0 fully saturated rings. The molecule has 0 amide bonds. The highest BCUT2D eigenvalue weighted by molar-refractivity contribution is 6.30. The zero-order valence-electron chi connectivity index (χ0n) is 11.0. The lowest BCUT2D eigenvalue weighted by atomic mass is 9.83. The second kappa shape index (κ2) is 4.58. The number of nitrogens with two attached hydrogens (primary N) is 1. The largest absolute Gasteiger partial charge is 0.370 e. The molecule has 0 aromatic heterocycles. The van der Waals surface area contributed by atoms with Crippen LogP contribution in [0.3, 0.4) is 0 Å². The van der Waals surface area contributed by atoms with Crippen LogP contribution in [-0.2, 0) is 0 Å². The Morgan fingerprint density at radius 1 is 0.900 bits per heavy atom. The van der Waals surface area contributed by atoms with Crippen molar-refractivity contribution >= 4 is 17.3 Å². The second-order valence-corrected chi connectivity index (χ2v) is 4.86. The molecule has 0 saturated heterocycles. The number of nitrogens with one attached hydrogen (secondary N) is 1. The van der Waals surface area contributed by atoms with Crippen molar-refractivity contribution in [2.75, 3.05) is 5.32 Å². The van der Waals surface area contributed by atoms with Gasteiger partial charge >= 0.3 is 0 Å². The molecule has 4 nitrogen and oxygen atoms in total. The van der Waals surface area contributed by atoms with E-state index >= 15 is 0 Å². The molecule has 20 heavy (non-hydrogen) atoms. The summed E-state index contributed by atoms with van der Waals surface area (Å²) in [6, 6.07) is 12.1. The average molecular weight is 266 g/mol. The minimum atomic E-state index is -0.304. The quantitative estimate of drug-likeness (QED) is 0.697. The van der Waals surface area contributed by atoms with Crippen molar-refractivity contribution in [1.29, 1.82) is 0 Å². The Morgan fingerprint density at radius 2 is 1.50 bits per heavy atom. The number of carbonyl (C=O) groups is 2. The smallest absolute Gasteiger partial charge is 0.196 e. The highest BCUT2D eigenvalue weighted by Crippen LogP contribution is 2.31. The zero-order chi connectivity index (χ0) is 14.3. The molecule has 0 saturated carbocycles. The van der Waals surface area contributed by atoms with Gasteiger partial charge in [-0.25, -0.2) is 0 Å². The number of rotatable bonds is 2. The molecule has 1 unspecified atom stereocenters. The van der Waals surface area contributed by atoms with Crippen LogP contribution in [-0.4, -0.2) is 17.7 Å². The molecule has 0 heterocycles. The van der Waals surface area contributed by atoms with Crippen molar-refractivity contribution in [1.82, 2.24) is 0 Å². The van der Waals surface area contributed by atoms with Gasteiger partial charge in [0.05, 0.1) is 11.7 Å². The summed E-state index contributed by atoms with van der Waals surface area (Å²) < 4.78 is 0. The SMILES string of the molecule is CC(N)Nc1cccc2c1C(=O)c1ccccc1C2=O. The van der Waals surface area contributed by atoms with E-state index in [1.807, 2.05) is 0 Å². The van der Waals surface area contributed by atoms with Crippen LogP contribution in [0.25, 0.3) is 0 Å². The van der Waals surface area contributed by atoms with Crippen molar-refractivity contribution in [2.45, 2.75) is 13.1 Å². The molecule has 4 heteroatoms. The standard InChI is InChI=1S/C16H14N2O2/c1-9(17)18-13-8-4-7-12-14(13)16(20)11-6-3-2-5-10(11)15(12)19/h2-9,18H,17H2,1H3. The van der Waals surface area contributed by atoms with Gasteiger partial charge in [-0.1, -0.05) is 36.4 Å². The van der Waals surface area contributed by atoms with E-state index in [4.69, 9.17) is 5.73 Å². The van der Waals surface area contributed by atoms with E-state index in [1.54, 1.807) is 49.4 Å². The van der Waals surface area contributed by atoms with E-state index in [0.29, 0.717) is 27.9 Å². The number of fused-ring (bicyclic) bond motifs is 2. The van der Waals surface area contributed by atoms with E-state index in [-0.39, 0.29) is 17.7 Å². The van der Waals surface area contributed by atoms with Gasteiger partial charge in [-0.05, 0) is 13.0 Å². The first-order chi connectivity index (χ1) is 9.59. The fraction of sp³-hybridized carbons (Fsp3) is 0.125. The minimum absolute atomic E-state index is 0.122. The summed E-state index contributed by atoms with van der Waals surface area (Å²) in [5, 5.41) is 3.02. The lowest BCUT2D eigenvalue weighted by Gasteiger charge is -2.21. The summed E-state index contributed by atoms with van der Waals surface area (Å²) in [5.41, 5.74) is 8.08. The molecule has 3 rings (SSSR count). The summed E-state index contributed by atoms with van der Waals surface area (Å²) >= 11 is 0. The van der Waals surface area contributed by atoms with Crippen molar-refractivity contribution in [3.05, 3.63) is 64.7 Å². The van der Waals surface area contributed by atoms with Crippen molar-refractivity contribution < 1.29 is 9.59 Å². The van der Waals surface area contributed by atoms with Crippen LogP contribution in [0, 0.1) is 0 Å². The molecule has 3 N–H and O–H groups in total. The normalized spacial score (nSPS) is 14.5. The number of anilines is 1. The molecule has 1 aliphatic carbocycles. The Labute approximate surface area is 116 Å². The van der Waals surface area contributed by atoms with E-state index in [2.05, 4.69) is 5.32 Å². The average Bonchev–Trinajstić information content (AvgIpc) is 2.44. The van der Waals surface area contributed by atoms with Gasteiger partial charge in [-0.2, -0.15) is 0 Å². The topological polar surface area (TPSA) is 72.2 Å². The molecular weight excluding hydrogens is 252 g/mol. The predicted molar refractivity (Wildman–Crippen MR) is 77.0 cm³/mol. The van der Waals surface area contributed by atoms with Crippen LogP contribution in [0.4, 0.5) is 5.69 Å². The van der Waals surface area contributed by atoms with Crippen LogP contribution in [0.1, 0.15) is 38.8 Å². The summed E-state index contributed by atoms with van der Waals surface area (Å²) in [6.07, 6.45) is -0.304. The van der Waals surface area contributed by atoms with Gasteiger partial charge in [0.1, 0.15) is 0 Å². The number of hydrogen-bond acceptors (Lipinski definition) is 4. The summed E-state index contributed by atoms with van der Waals surface area (Å²) in [7, 11) is 0. The number of hydrogen-bond donors (Lipinski definition) is 2. The van der Waals surface area contributed by atoms with Crippen molar-refractivity contribution in [3.8, 4) is 0 Å². The Hall–Kier alpha value is -2.46. The fourth-order valence-corrected chi connectivity index (χ4v) is 2.51. The first-order valence-electron chi connectivity index (χ1n) is 6.43. The number of ketones is 2. The van der Waals surface area contributed by atoms with E-state index < -0.39 is 0 Å². The lowest BCUT2D eigenvalue weighted by molar-refractivity contribution is 0.0979. The molecule has 0 spiro atoms. The van der Waals surface area contributed by atoms with Crippen molar-refractivity contribution in [3.63, 3.8) is 0 Å². The number of carbonyl (C=O) groups excluding carboxylic acids is 2. The Kier molecular flexibility index (Phi) is 2.88. The van der Waals surface area contributed by atoms with E-state index in [9.17, 15) is 9.59 Å². The zero-order valence-corrected chi connectivity index (χ0v) is 11.0. The van der Waals surface area contributed by atoms with Crippen molar-refractivity contribution in [2.24, 2.45) is 5.73 Å². The first-order valence-corrected chi connectivity index (χ1v) is 6.43. The summed E-state index contributed by atoms with van der Waals surface area (Å²) in [4.78, 5) is 25.1. The fourth-order valence-electron chi connectivity index (χ4n) is 2.51. The van der Waals surface area contributed by atoms with E-state index in [1.165, 1.54) is 0 Å². The molecule has 0 radical (unpaired) electrons. The third kappa shape index (κ3) is 1.82. The second-order valence-electron chi connectivity index (χ2n) is 4.86. The van der Waals surface area contributed by atoms with Crippen LogP contribution in [0.15, 0.2) is 42.5 Å². The third-order valence-corrected chi connectivity index (χ3v) is 3.34. The maximum absolute atomic E-state index is 12.6. The number of benzene rings is 2. The van der Waals surface area contributed by atoms with Gasteiger partial charge < -0.3 is 11.1 Å². The molecule has 2 aromatic carbocycles. The van der Waals surface area contributed by atoms with Gasteiger partial charge in [0.15, 0.2) is 11.6 Å². The molecule has 1 atom stereocenters. The van der Waals surface area contributed by atoms with Crippen LogP contribution in [0.5, 0.6) is 0 Å². The van der Waals surface area contributed by atoms with Gasteiger partial charge in [0, 0.05) is 22.4 Å². The maximum Gasteiger partial charge on any atom is 0.196 e. The predicted octanol–water partition coefficient (Wildman–Crippen LogP) is 2.18. The van der Waals surface area contributed by atoms with Gasteiger partial charge in [0.25, 0.3) is 0 Å². The first kappa shape index (κ1) is 12.6. The van der Waals surface area contributed by atoms with Crippen LogP contribution >= 0.6 is 0 Å². The lowest BCUT2D eigenvalue weighted by Crippen LogP contribution is -2.28. The molecule has 100 valence electrons. The third-order valence-electron chi connectivity index (χ3n) is 3.34. The molecule has 0 aliphatic heterocycles. The molecule has 1 aliphatic rings. The minimum Gasteiger partial charge on any atom is -0.370 e. The summed E-state index contributed by atoms with van der Waals surface area (Å²) in [5.74, 6) is -0.262. The highest BCUT2D eigenvalue weighted by atomic mass is 16.1. The molecular formula is C16H14N2O2. The molecule has 0 bridgehead atoms. The highest BCUT2D eigenvalue weighted by Gasteiger charge is 2.31. The van der Waals surface area contributed by atoms with Gasteiger partial charge in [-0.3, -0.25) is 9.59 Å². The Morgan fingerprint density at radius 3 is 2.15 bits per heavy atom. The van der Waals surface area contributed by atoms with E-state index in [0.717, 1.165) is 0 Å². The molecule has 2 aromatic rings. The van der Waals surface area contributed by atoms with Gasteiger partial charge in [0.2, 0.25) is 0 Å². The monoisotopic (exact) mass is 266 g/mol. The van der Waals surface area contributed by atoms with Crippen LogP contribution in [0.2, 0.25) is 0 Å². The Balaban J connectivity index is 2.23. The van der Waals surface area contributed by atoms with Crippen LogP contribution < -0.4 is 11.1 Å². The van der Waals surface area contributed by atoms with Gasteiger partial charge in [-0.15, -0.1) is 0 Å². The summed E-state index contributed by atoms with van der Waals surface area (Å²) in [6.45, 7) is 1.78.